The molecule has 0 bridgehead atoms. The van der Waals surface area contributed by atoms with Crippen molar-refractivity contribution >= 4 is 98.4 Å². The van der Waals surface area contributed by atoms with Crippen molar-refractivity contribution in [1.29, 1.82) is 0 Å². The topological polar surface area (TPSA) is 167 Å². The SMILES string of the molecule is NC(=O)N(Cc1ccc(CC(=O)NC2CN(S(=O)(=O)O)C2=O)cc1)C(=O)C(Cl)(Cl)Cl.[NaH]. The van der Waals surface area contributed by atoms with E-state index in [1.165, 1.54) is 24.3 Å². The van der Waals surface area contributed by atoms with E-state index >= 15 is 0 Å². The molecular weight excluding hydrogens is 510 g/mol. The Hall–Kier alpha value is -1.12. The number of benzene rings is 1. The van der Waals surface area contributed by atoms with Crippen LogP contribution in [0.3, 0.4) is 0 Å². The van der Waals surface area contributed by atoms with E-state index in [1.807, 2.05) is 0 Å². The first-order valence-corrected chi connectivity index (χ1v) is 10.6. The molecule has 0 radical (unpaired) electrons. The first-order valence-electron chi connectivity index (χ1n) is 8.04. The number of nitrogens with one attached hydrogen (secondary N) is 1. The molecule has 0 aliphatic carbocycles. The maximum atomic E-state index is 12.0. The van der Waals surface area contributed by atoms with Crippen LogP contribution < -0.4 is 11.1 Å². The van der Waals surface area contributed by atoms with E-state index in [-0.39, 0.29) is 53.4 Å². The number of amides is 5. The number of alkyl halides is 3. The molecule has 5 amide bonds. The molecule has 0 aromatic heterocycles. The summed E-state index contributed by atoms with van der Waals surface area (Å²) in [5, 5.41) is 2.35. The van der Waals surface area contributed by atoms with Gasteiger partial charge in [0.25, 0.3) is 15.6 Å². The molecule has 1 aliphatic rings. The number of nitrogens with zero attached hydrogens (tertiary/aromatic N) is 2. The Morgan fingerprint density at radius 2 is 1.71 bits per heavy atom. The van der Waals surface area contributed by atoms with Gasteiger partial charge in [0.2, 0.25) is 5.91 Å². The van der Waals surface area contributed by atoms with E-state index in [4.69, 9.17) is 45.1 Å². The number of imide groups is 1. The number of hydrogen-bond donors (Lipinski definition) is 3. The van der Waals surface area contributed by atoms with Crippen molar-refractivity contribution in [3.63, 3.8) is 0 Å². The van der Waals surface area contributed by atoms with Gasteiger partial charge < -0.3 is 11.1 Å². The van der Waals surface area contributed by atoms with Gasteiger partial charge in [-0.05, 0) is 11.1 Å². The minimum absolute atomic E-state index is 0. The van der Waals surface area contributed by atoms with E-state index in [2.05, 4.69) is 5.32 Å². The number of β-lactam (4-membered cyclic amide) rings is 1. The van der Waals surface area contributed by atoms with Crippen LogP contribution in [0, 0.1) is 0 Å². The summed E-state index contributed by atoms with van der Waals surface area (Å²) >= 11 is 16.5. The quantitative estimate of drug-likeness (QED) is 0.194. The zero-order valence-electron chi connectivity index (χ0n) is 14.9. The summed E-state index contributed by atoms with van der Waals surface area (Å²) in [5.41, 5.74) is 6.12. The van der Waals surface area contributed by atoms with Gasteiger partial charge in [-0.1, -0.05) is 59.1 Å². The van der Waals surface area contributed by atoms with Gasteiger partial charge in [0.1, 0.15) is 6.04 Å². The third kappa shape index (κ3) is 7.46. The van der Waals surface area contributed by atoms with Gasteiger partial charge in [-0.25, -0.2) is 9.10 Å². The Bertz CT molecular complexity index is 985. The van der Waals surface area contributed by atoms with E-state index < -0.39 is 43.9 Å². The van der Waals surface area contributed by atoms with Crippen LogP contribution in [0.2, 0.25) is 0 Å². The summed E-state index contributed by atoms with van der Waals surface area (Å²) in [7, 11) is -4.63. The fourth-order valence-electron chi connectivity index (χ4n) is 2.49. The fraction of sp³-hybridized carbons (Fsp3) is 0.333. The monoisotopic (exact) mass is 524 g/mol. The molecule has 1 saturated heterocycles. The maximum absolute atomic E-state index is 12.0. The molecule has 166 valence electrons. The average molecular weight is 526 g/mol. The molecule has 31 heavy (non-hydrogen) atoms. The average Bonchev–Trinajstić information content (AvgIpc) is 2.61. The fourth-order valence-corrected chi connectivity index (χ4v) is 3.49. The summed E-state index contributed by atoms with van der Waals surface area (Å²) in [4.78, 5) is 47.6. The van der Waals surface area contributed by atoms with Gasteiger partial charge in [0.15, 0.2) is 0 Å². The Kier molecular flexibility index (Phi) is 9.60. The molecule has 1 aromatic rings. The van der Waals surface area contributed by atoms with Crippen molar-refractivity contribution in [2.75, 3.05) is 6.54 Å². The van der Waals surface area contributed by atoms with Gasteiger partial charge in [-0.15, -0.1) is 0 Å². The molecule has 1 heterocycles. The summed E-state index contributed by atoms with van der Waals surface area (Å²) in [6.45, 7) is -0.626. The predicted octanol–water partition coefficient (Wildman–Crippen LogP) is -0.512. The number of primary amides is 1. The van der Waals surface area contributed by atoms with Gasteiger partial charge in [0.05, 0.1) is 19.5 Å². The van der Waals surface area contributed by atoms with Crippen LogP contribution in [0.1, 0.15) is 11.1 Å². The van der Waals surface area contributed by atoms with E-state index in [9.17, 15) is 27.6 Å². The summed E-state index contributed by atoms with van der Waals surface area (Å²) in [6.07, 6.45) is -0.136. The van der Waals surface area contributed by atoms with Gasteiger partial charge >= 0.3 is 45.9 Å². The van der Waals surface area contributed by atoms with Crippen LogP contribution in [0.15, 0.2) is 24.3 Å². The third-order valence-corrected chi connectivity index (χ3v) is 5.36. The number of rotatable bonds is 6. The first kappa shape index (κ1) is 27.9. The van der Waals surface area contributed by atoms with E-state index in [0.29, 0.717) is 16.0 Å². The zero-order chi connectivity index (χ0) is 22.9. The second kappa shape index (κ2) is 10.7. The molecule has 4 N–H and O–H groups in total. The number of hydrogen-bond acceptors (Lipinski definition) is 6. The van der Waals surface area contributed by atoms with Crippen molar-refractivity contribution in [1.82, 2.24) is 14.5 Å². The second-order valence-corrected chi connectivity index (χ2v) is 9.81. The molecule has 2 rings (SSSR count). The second-order valence-electron chi connectivity index (χ2n) is 6.19. The molecule has 1 aromatic carbocycles. The first-order chi connectivity index (χ1) is 13.7. The van der Waals surface area contributed by atoms with E-state index in [0.717, 1.165) is 0 Å². The van der Waals surface area contributed by atoms with Crippen molar-refractivity contribution in [3.05, 3.63) is 35.4 Å². The summed E-state index contributed by atoms with van der Waals surface area (Å²) in [6, 6.07) is 3.93. The van der Waals surface area contributed by atoms with Crippen LogP contribution in [0.25, 0.3) is 0 Å². The zero-order valence-corrected chi connectivity index (χ0v) is 18.0. The standard InChI is InChI=1S/C15H15Cl3N4O7S.Na.H/c16-15(17,18)13(25)21(14(19)26)6-9-3-1-8(2-4-9)5-11(23)20-10-7-22(12(10)24)30(27,28)29;;/h1-4,10H,5-7H2,(H2,19,26)(H,20,23)(H,27,28,29);;. The van der Waals surface area contributed by atoms with Gasteiger partial charge in [-0.3, -0.25) is 23.8 Å². The van der Waals surface area contributed by atoms with Gasteiger partial charge in [0, 0.05) is 0 Å². The number of halogens is 3. The number of nitrogens with two attached hydrogens (primary N) is 1. The number of carbonyl (C=O) groups is 4. The van der Waals surface area contributed by atoms with Crippen molar-refractivity contribution in [2.45, 2.75) is 22.8 Å². The predicted molar refractivity (Wildman–Crippen MR) is 113 cm³/mol. The van der Waals surface area contributed by atoms with Crippen molar-refractivity contribution < 1.29 is 32.1 Å². The van der Waals surface area contributed by atoms with Crippen LogP contribution in [0.5, 0.6) is 0 Å². The van der Waals surface area contributed by atoms with E-state index in [1.54, 1.807) is 0 Å². The molecule has 1 unspecified atom stereocenters. The Morgan fingerprint density at radius 1 is 1.19 bits per heavy atom. The van der Waals surface area contributed by atoms with Crippen LogP contribution >= 0.6 is 34.8 Å². The minimum atomic E-state index is -4.63. The van der Waals surface area contributed by atoms with Gasteiger partial charge in [-0.2, -0.15) is 8.42 Å². The Morgan fingerprint density at radius 3 is 2.13 bits per heavy atom. The molecule has 0 spiro atoms. The summed E-state index contributed by atoms with van der Waals surface area (Å²) < 4.78 is 28.4. The van der Waals surface area contributed by atoms with Crippen molar-refractivity contribution in [3.8, 4) is 0 Å². The number of carbonyl (C=O) groups excluding carboxylic acids is 4. The Balaban J connectivity index is 0.00000480. The molecule has 0 saturated carbocycles. The van der Waals surface area contributed by atoms with Crippen LogP contribution in [-0.2, 0) is 37.7 Å². The summed E-state index contributed by atoms with van der Waals surface area (Å²) in [5.74, 6) is -2.61. The molecule has 1 aliphatic heterocycles. The van der Waals surface area contributed by atoms with Crippen molar-refractivity contribution in [2.24, 2.45) is 5.73 Å². The normalized spacial score (nSPS) is 16.1. The molecular formula is C15H16Cl3N4NaO7S. The third-order valence-electron chi connectivity index (χ3n) is 3.99. The molecule has 1 fully saturated rings. The number of urea groups is 1. The molecule has 1 atom stereocenters. The van der Waals surface area contributed by atoms with Crippen LogP contribution in [-0.4, -0.2) is 91.9 Å². The molecule has 16 heteroatoms. The molecule has 11 nitrogen and oxygen atoms in total. The Labute approximate surface area is 214 Å². The van der Waals surface area contributed by atoms with Crippen LogP contribution in [0.4, 0.5) is 4.79 Å².